The Bertz CT molecular complexity index is 580. The third-order valence-electron chi connectivity index (χ3n) is 8.49. The first kappa shape index (κ1) is 19.7. The summed E-state index contributed by atoms with van der Waals surface area (Å²) in [4.78, 5) is 31.8. The third-order valence-corrected chi connectivity index (χ3v) is 8.49. The van der Waals surface area contributed by atoms with Crippen molar-refractivity contribution in [1.29, 1.82) is 0 Å². The van der Waals surface area contributed by atoms with Crippen molar-refractivity contribution in [3.8, 4) is 0 Å². The van der Waals surface area contributed by atoms with Crippen molar-refractivity contribution in [2.75, 3.05) is 45.8 Å². The van der Waals surface area contributed by atoms with Crippen LogP contribution in [0.4, 0.5) is 4.79 Å². The van der Waals surface area contributed by atoms with Crippen LogP contribution in [0.15, 0.2) is 0 Å². The van der Waals surface area contributed by atoms with E-state index in [1.54, 1.807) is 0 Å². The van der Waals surface area contributed by atoms with Gasteiger partial charge in [0.2, 0.25) is 5.91 Å². The number of piperazine rings is 1. The molecule has 2 heterocycles. The Labute approximate surface area is 175 Å². The van der Waals surface area contributed by atoms with Crippen LogP contribution in [0.2, 0.25) is 0 Å². The van der Waals surface area contributed by atoms with Crippen LogP contribution in [0, 0.1) is 23.7 Å². The summed E-state index contributed by atoms with van der Waals surface area (Å²) < 4.78 is 0. The molecule has 6 aliphatic rings. The second kappa shape index (κ2) is 8.44. The number of hydrogen-bond acceptors (Lipinski definition) is 3. The van der Waals surface area contributed by atoms with E-state index in [4.69, 9.17) is 0 Å². The normalized spacial score (nSPS) is 37.4. The summed E-state index contributed by atoms with van der Waals surface area (Å²) >= 11 is 0. The van der Waals surface area contributed by atoms with Gasteiger partial charge in [-0.2, -0.15) is 0 Å². The predicted molar refractivity (Wildman–Crippen MR) is 112 cm³/mol. The van der Waals surface area contributed by atoms with E-state index in [-0.39, 0.29) is 11.9 Å². The second-order valence-electron chi connectivity index (χ2n) is 10.5. The molecule has 0 unspecified atom stereocenters. The molecule has 6 rings (SSSR count). The number of likely N-dealkylation sites (tertiary alicyclic amines) is 1. The molecule has 0 spiro atoms. The molecule has 0 radical (unpaired) electrons. The Hall–Kier alpha value is -1.30. The average molecular weight is 403 g/mol. The van der Waals surface area contributed by atoms with Crippen molar-refractivity contribution in [3.63, 3.8) is 0 Å². The topological polar surface area (TPSA) is 55.9 Å². The molecule has 0 aromatic rings. The molecule has 0 aromatic carbocycles. The lowest BCUT2D eigenvalue weighted by molar-refractivity contribution is -0.132. The molecule has 2 saturated heterocycles. The summed E-state index contributed by atoms with van der Waals surface area (Å²) in [5.41, 5.74) is 0. The van der Waals surface area contributed by atoms with E-state index in [1.807, 2.05) is 4.90 Å². The Balaban J connectivity index is 1.07. The van der Waals surface area contributed by atoms with Crippen molar-refractivity contribution >= 4 is 11.9 Å². The molecule has 6 fully saturated rings. The van der Waals surface area contributed by atoms with Crippen LogP contribution in [-0.2, 0) is 4.79 Å². The Kier molecular flexibility index (Phi) is 5.72. The largest absolute Gasteiger partial charge is 0.342 e. The fraction of sp³-hybridized carbons (Fsp3) is 0.913. The monoisotopic (exact) mass is 402 g/mol. The number of nitrogens with one attached hydrogen (secondary N) is 1. The first-order chi connectivity index (χ1) is 14.2. The molecule has 0 atom stereocenters. The van der Waals surface area contributed by atoms with Crippen LogP contribution in [0.3, 0.4) is 0 Å². The van der Waals surface area contributed by atoms with Gasteiger partial charge in [-0.25, -0.2) is 4.79 Å². The highest BCUT2D eigenvalue weighted by atomic mass is 16.2. The molecule has 29 heavy (non-hydrogen) atoms. The molecule has 4 bridgehead atoms. The Morgan fingerprint density at radius 2 is 1.28 bits per heavy atom. The smallest absolute Gasteiger partial charge is 0.317 e. The number of hydrogen-bond donors (Lipinski definition) is 1. The maximum Gasteiger partial charge on any atom is 0.317 e. The van der Waals surface area contributed by atoms with Crippen LogP contribution in [-0.4, -0.2) is 78.5 Å². The Morgan fingerprint density at radius 1 is 0.690 bits per heavy atom. The lowest BCUT2D eigenvalue weighted by Crippen LogP contribution is -2.60. The highest BCUT2D eigenvalue weighted by molar-refractivity contribution is 5.78. The number of urea groups is 1. The van der Waals surface area contributed by atoms with Gasteiger partial charge in [0.05, 0.1) is 6.54 Å². The number of amides is 3. The zero-order chi connectivity index (χ0) is 19.8. The molecule has 2 aliphatic heterocycles. The SMILES string of the molecule is O=C(CN1CCN(C(=O)NC2C3CC4CC(C3)CC2C4)CC1)N1CCCCCC1. The summed E-state index contributed by atoms with van der Waals surface area (Å²) in [7, 11) is 0. The van der Waals surface area contributed by atoms with E-state index in [0.29, 0.717) is 12.6 Å². The average Bonchev–Trinajstić information content (AvgIpc) is 3.00. The van der Waals surface area contributed by atoms with Crippen LogP contribution in [0.25, 0.3) is 0 Å². The van der Waals surface area contributed by atoms with Gasteiger partial charge in [-0.05, 0) is 68.6 Å². The maximum absolute atomic E-state index is 12.9. The van der Waals surface area contributed by atoms with E-state index in [0.717, 1.165) is 75.8 Å². The van der Waals surface area contributed by atoms with Crippen molar-refractivity contribution < 1.29 is 9.59 Å². The van der Waals surface area contributed by atoms with Gasteiger partial charge in [0, 0.05) is 45.3 Å². The minimum atomic E-state index is 0.140. The van der Waals surface area contributed by atoms with E-state index in [9.17, 15) is 9.59 Å². The molecule has 3 amide bonds. The quantitative estimate of drug-likeness (QED) is 0.789. The highest BCUT2D eigenvalue weighted by Crippen LogP contribution is 2.53. The van der Waals surface area contributed by atoms with Crippen molar-refractivity contribution in [2.24, 2.45) is 23.7 Å². The minimum Gasteiger partial charge on any atom is -0.342 e. The summed E-state index contributed by atoms with van der Waals surface area (Å²) in [6, 6.07) is 0.555. The van der Waals surface area contributed by atoms with Gasteiger partial charge in [0.15, 0.2) is 0 Å². The Morgan fingerprint density at radius 3 is 1.86 bits per heavy atom. The fourth-order valence-corrected chi connectivity index (χ4v) is 7.12. The number of carbonyl (C=O) groups excluding carboxylic acids is 2. The van der Waals surface area contributed by atoms with Gasteiger partial charge in [-0.15, -0.1) is 0 Å². The summed E-state index contributed by atoms with van der Waals surface area (Å²) in [6.07, 6.45) is 11.6. The maximum atomic E-state index is 12.9. The lowest BCUT2D eigenvalue weighted by atomic mass is 9.54. The van der Waals surface area contributed by atoms with E-state index in [1.165, 1.54) is 44.9 Å². The third kappa shape index (κ3) is 4.28. The first-order valence-electron chi connectivity index (χ1n) is 12.2. The highest BCUT2D eigenvalue weighted by Gasteiger charge is 2.48. The number of nitrogens with zero attached hydrogens (tertiary/aromatic N) is 3. The molecule has 6 heteroatoms. The van der Waals surface area contributed by atoms with Crippen LogP contribution in [0.5, 0.6) is 0 Å². The summed E-state index contributed by atoms with van der Waals surface area (Å²) in [5.74, 6) is 3.61. The molecule has 6 nitrogen and oxygen atoms in total. The molecule has 162 valence electrons. The van der Waals surface area contributed by atoms with Gasteiger partial charge in [0.1, 0.15) is 0 Å². The van der Waals surface area contributed by atoms with Crippen LogP contribution in [0.1, 0.15) is 57.8 Å². The van der Waals surface area contributed by atoms with Gasteiger partial charge < -0.3 is 15.1 Å². The van der Waals surface area contributed by atoms with E-state index >= 15 is 0 Å². The standard InChI is InChI=1S/C23H38N4O2/c28-21(26-5-3-1-2-4-6-26)16-25-7-9-27(10-8-25)23(29)24-22-19-12-17-11-18(14-19)15-20(22)13-17/h17-20,22H,1-16H2,(H,24,29). The van der Waals surface area contributed by atoms with Crippen LogP contribution >= 0.6 is 0 Å². The van der Waals surface area contributed by atoms with Crippen LogP contribution < -0.4 is 5.32 Å². The van der Waals surface area contributed by atoms with Gasteiger partial charge in [-0.1, -0.05) is 12.8 Å². The molecular formula is C23H38N4O2. The molecule has 1 N–H and O–H groups in total. The van der Waals surface area contributed by atoms with E-state index < -0.39 is 0 Å². The zero-order valence-corrected chi connectivity index (χ0v) is 17.9. The lowest BCUT2D eigenvalue weighted by Gasteiger charge is -2.54. The predicted octanol–water partition coefficient (Wildman–Crippen LogP) is 2.54. The zero-order valence-electron chi connectivity index (χ0n) is 17.9. The fourth-order valence-electron chi connectivity index (χ4n) is 7.12. The first-order valence-corrected chi connectivity index (χ1v) is 12.2. The summed E-state index contributed by atoms with van der Waals surface area (Å²) in [5, 5.41) is 3.44. The van der Waals surface area contributed by atoms with Gasteiger partial charge >= 0.3 is 6.03 Å². The number of carbonyl (C=O) groups is 2. The second-order valence-corrected chi connectivity index (χ2v) is 10.5. The molecule has 0 aromatic heterocycles. The van der Waals surface area contributed by atoms with Crippen molar-refractivity contribution in [1.82, 2.24) is 20.0 Å². The molecule has 4 aliphatic carbocycles. The van der Waals surface area contributed by atoms with Gasteiger partial charge in [-0.3, -0.25) is 9.69 Å². The minimum absolute atomic E-state index is 0.140. The van der Waals surface area contributed by atoms with Crippen molar-refractivity contribution in [3.05, 3.63) is 0 Å². The molecule has 4 saturated carbocycles. The summed E-state index contributed by atoms with van der Waals surface area (Å²) in [6.45, 7) is 5.48. The van der Waals surface area contributed by atoms with Gasteiger partial charge in [0.25, 0.3) is 0 Å². The molecular weight excluding hydrogens is 364 g/mol. The number of rotatable bonds is 3. The van der Waals surface area contributed by atoms with Crippen molar-refractivity contribution in [2.45, 2.75) is 63.8 Å². The van der Waals surface area contributed by atoms with E-state index in [2.05, 4.69) is 15.1 Å².